The molecule has 0 radical (unpaired) electrons. The number of ketones is 1. The summed E-state index contributed by atoms with van der Waals surface area (Å²) in [5.74, 6) is 1.51. The van der Waals surface area contributed by atoms with Crippen LogP contribution in [-0.2, 0) is 15.0 Å². The molecular formula is C17H21NO4. The molecule has 22 heavy (non-hydrogen) atoms. The first-order valence-electron chi connectivity index (χ1n) is 7.69. The minimum Gasteiger partial charge on any atom is -0.486 e. The molecule has 0 unspecified atom stereocenters. The summed E-state index contributed by atoms with van der Waals surface area (Å²) in [6.07, 6.45) is 1.92. The number of carbonyl (C=O) groups excluding carboxylic acids is 2. The Balaban J connectivity index is 1.70. The van der Waals surface area contributed by atoms with Gasteiger partial charge in [0.2, 0.25) is 5.91 Å². The smallest absolute Gasteiger partial charge is 0.230 e. The highest BCUT2D eigenvalue weighted by Crippen LogP contribution is 2.35. The SMILES string of the molecule is CC(C)(C(=O)NCC(=O)C1CC1)c1ccc2c(c1)OCCO2. The molecule has 0 atom stereocenters. The van der Waals surface area contributed by atoms with Crippen molar-refractivity contribution in [1.29, 1.82) is 0 Å². The highest BCUT2D eigenvalue weighted by molar-refractivity contribution is 5.93. The van der Waals surface area contributed by atoms with Crippen LogP contribution in [0.1, 0.15) is 32.3 Å². The van der Waals surface area contributed by atoms with E-state index in [-0.39, 0.29) is 24.2 Å². The standard InChI is InChI=1S/C17H21NO4/c1-17(2,16(20)18-10-13(19)11-3-4-11)12-5-6-14-15(9-12)22-8-7-21-14/h5-6,9,11H,3-4,7-8,10H2,1-2H3,(H,18,20). The molecule has 1 aromatic rings. The first-order valence-corrected chi connectivity index (χ1v) is 7.69. The molecule has 1 N–H and O–H groups in total. The van der Waals surface area contributed by atoms with E-state index in [0.717, 1.165) is 18.4 Å². The van der Waals surface area contributed by atoms with Crippen LogP contribution in [-0.4, -0.2) is 31.4 Å². The van der Waals surface area contributed by atoms with Crippen LogP contribution in [0.15, 0.2) is 18.2 Å². The predicted octanol–water partition coefficient (Wildman–Crippen LogP) is 1.83. The Morgan fingerprint density at radius 1 is 1.18 bits per heavy atom. The van der Waals surface area contributed by atoms with E-state index in [0.29, 0.717) is 24.7 Å². The Hall–Kier alpha value is -2.04. The lowest BCUT2D eigenvalue weighted by atomic mass is 9.83. The van der Waals surface area contributed by atoms with Crippen LogP contribution in [0.3, 0.4) is 0 Å². The third kappa shape index (κ3) is 2.93. The summed E-state index contributed by atoms with van der Waals surface area (Å²) >= 11 is 0. The van der Waals surface area contributed by atoms with Gasteiger partial charge in [-0.3, -0.25) is 9.59 Å². The van der Waals surface area contributed by atoms with Crippen molar-refractivity contribution in [3.8, 4) is 11.5 Å². The molecule has 5 nitrogen and oxygen atoms in total. The normalized spacial score (nSPS) is 17.0. The summed E-state index contributed by atoms with van der Waals surface area (Å²) in [6.45, 7) is 4.86. The first-order chi connectivity index (χ1) is 10.5. The van der Waals surface area contributed by atoms with Gasteiger partial charge in [0, 0.05) is 5.92 Å². The lowest BCUT2D eigenvalue weighted by Crippen LogP contribution is -2.42. The number of amides is 1. The molecule has 1 aliphatic carbocycles. The molecular weight excluding hydrogens is 282 g/mol. The second-order valence-corrected chi connectivity index (χ2v) is 6.41. The van der Waals surface area contributed by atoms with Gasteiger partial charge in [-0.25, -0.2) is 0 Å². The van der Waals surface area contributed by atoms with Gasteiger partial charge in [-0.15, -0.1) is 0 Å². The fourth-order valence-corrected chi connectivity index (χ4v) is 2.50. The minimum absolute atomic E-state index is 0.123. The van der Waals surface area contributed by atoms with Crippen molar-refractivity contribution in [2.75, 3.05) is 19.8 Å². The molecule has 5 heteroatoms. The number of hydrogen-bond donors (Lipinski definition) is 1. The Bertz CT molecular complexity index is 605. The number of Topliss-reactive ketones (excluding diaryl/α,β-unsaturated/α-hetero) is 1. The van der Waals surface area contributed by atoms with Crippen molar-refractivity contribution in [3.63, 3.8) is 0 Å². The highest BCUT2D eigenvalue weighted by atomic mass is 16.6. The van der Waals surface area contributed by atoms with Gasteiger partial charge in [-0.05, 0) is 44.4 Å². The van der Waals surface area contributed by atoms with E-state index in [4.69, 9.17) is 9.47 Å². The Kier molecular flexibility index (Phi) is 3.81. The van der Waals surface area contributed by atoms with Crippen LogP contribution in [0.25, 0.3) is 0 Å². The van der Waals surface area contributed by atoms with Crippen LogP contribution in [0.2, 0.25) is 0 Å². The van der Waals surface area contributed by atoms with E-state index in [1.807, 2.05) is 32.0 Å². The summed E-state index contributed by atoms with van der Waals surface area (Å²) in [5, 5.41) is 2.76. The molecule has 3 rings (SSSR count). The average Bonchev–Trinajstić information content (AvgIpc) is 3.36. The zero-order valence-electron chi connectivity index (χ0n) is 13.0. The van der Waals surface area contributed by atoms with E-state index in [1.54, 1.807) is 0 Å². The number of rotatable bonds is 5. The maximum Gasteiger partial charge on any atom is 0.230 e. The van der Waals surface area contributed by atoms with Crippen molar-refractivity contribution in [2.45, 2.75) is 32.1 Å². The summed E-state index contributed by atoms with van der Waals surface area (Å²) in [6, 6.07) is 5.54. The van der Waals surface area contributed by atoms with Crippen LogP contribution in [0.4, 0.5) is 0 Å². The highest BCUT2D eigenvalue weighted by Gasteiger charge is 2.33. The predicted molar refractivity (Wildman–Crippen MR) is 81.2 cm³/mol. The lowest BCUT2D eigenvalue weighted by molar-refractivity contribution is -0.128. The van der Waals surface area contributed by atoms with Gasteiger partial charge >= 0.3 is 0 Å². The van der Waals surface area contributed by atoms with E-state index >= 15 is 0 Å². The van der Waals surface area contributed by atoms with Crippen molar-refractivity contribution in [2.24, 2.45) is 5.92 Å². The van der Waals surface area contributed by atoms with Crippen LogP contribution < -0.4 is 14.8 Å². The van der Waals surface area contributed by atoms with Gasteiger partial charge in [-0.2, -0.15) is 0 Å². The van der Waals surface area contributed by atoms with E-state index in [9.17, 15) is 9.59 Å². The first kappa shape index (κ1) is 14.9. The molecule has 1 fully saturated rings. The van der Waals surface area contributed by atoms with Gasteiger partial charge < -0.3 is 14.8 Å². The molecule has 1 saturated carbocycles. The van der Waals surface area contributed by atoms with Crippen LogP contribution in [0.5, 0.6) is 11.5 Å². The van der Waals surface area contributed by atoms with Crippen molar-refractivity contribution < 1.29 is 19.1 Å². The van der Waals surface area contributed by atoms with Crippen LogP contribution in [0, 0.1) is 5.92 Å². The van der Waals surface area contributed by atoms with Gasteiger partial charge in [0.25, 0.3) is 0 Å². The average molecular weight is 303 g/mol. The third-order valence-corrected chi connectivity index (χ3v) is 4.29. The summed E-state index contributed by atoms with van der Waals surface area (Å²) < 4.78 is 11.1. The second kappa shape index (κ2) is 5.63. The molecule has 1 amide bonds. The molecule has 1 heterocycles. The number of nitrogens with one attached hydrogen (secondary N) is 1. The zero-order valence-corrected chi connectivity index (χ0v) is 13.0. The number of benzene rings is 1. The van der Waals surface area contributed by atoms with Gasteiger partial charge in [0.05, 0.1) is 12.0 Å². The van der Waals surface area contributed by atoms with E-state index < -0.39 is 5.41 Å². The number of hydrogen-bond acceptors (Lipinski definition) is 4. The van der Waals surface area contributed by atoms with E-state index in [1.165, 1.54) is 0 Å². The zero-order chi connectivity index (χ0) is 15.7. The second-order valence-electron chi connectivity index (χ2n) is 6.41. The summed E-state index contributed by atoms with van der Waals surface area (Å²) in [5.41, 5.74) is 0.104. The minimum atomic E-state index is -0.736. The molecule has 2 aliphatic rings. The summed E-state index contributed by atoms with van der Waals surface area (Å²) in [7, 11) is 0. The molecule has 118 valence electrons. The topological polar surface area (TPSA) is 64.6 Å². The molecule has 0 saturated heterocycles. The van der Waals surface area contributed by atoms with Crippen molar-refractivity contribution in [1.82, 2.24) is 5.32 Å². The maximum absolute atomic E-state index is 12.4. The van der Waals surface area contributed by atoms with Gasteiger partial charge in [0.1, 0.15) is 13.2 Å². The molecule has 0 aromatic heterocycles. The Morgan fingerprint density at radius 2 is 1.86 bits per heavy atom. The lowest BCUT2D eigenvalue weighted by Gasteiger charge is -2.26. The number of fused-ring (bicyclic) bond motifs is 1. The maximum atomic E-state index is 12.4. The van der Waals surface area contributed by atoms with Gasteiger partial charge in [0.15, 0.2) is 17.3 Å². The fourth-order valence-electron chi connectivity index (χ4n) is 2.50. The van der Waals surface area contributed by atoms with Crippen LogP contribution >= 0.6 is 0 Å². The number of carbonyl (C=O) groups is 2. The largest absolute Gasteiger partial charge is 0.486 e. The molecule has 1 aliphatic heterocycles. The fraction of sp³-hybridized carbons (Fsp3) is 0.529. The number of ether oxygens (including phenoxy) is 2. The third-order valence-electron chi connectivity index (χ3n) is 4.29. The van der Waals surface area contributed by atoms with Gasteiger partial charge in [-0.1, -0.05) is 6.07 Å². The molecule has 0 spiro atoms. The Labute approximate surface area is 130 Å². The van der Waals surface area contributed by atoms with E-state index in [2.05, 4.69) is 5.32 Å². The monoisotopic (exact) mass is 303 g/mol. The quantitative estimate of drug-likeness (QED) is 0.901. The summed E-state index contributed by atoms with van der Waals surface area (Å²) in [4.78, 5) is 24.2. The Morgan fingerprint density at radius 3 is 2.55 bits per heavy atom. The molecule has 1 aromatic carbocycles. The molecule has 0 bridgehead atoms. The van der Waals surface area contributed by atoms with Crippen molar-refractivity contribution >= 4 is 11.7 Å². The van der Waals surface area contributed by atoms with Crippen molar-refractivity contribution in [3.05, 3.63) is 23.8 Å².